The van der Waals surface area contributed by atoms with Crippen LogP contribution in [0.3, 0.4) is 0 Å². The molecule has 0 amide bonds. The van der Waals surface area contributed by atoms with E-state index in [1.165, 1.54) is 13.1 Å². The van der Waals surface area contributed by atoms with Crippen LogP contribution < -0.4 is 68.3 Å². The number of hydrogen-bond acceptors (Lipinski definition) is 20. The fourth-order valence-corrected chi connectivity index (χ4v) is 8.04. The van der Waals surface area contributed by atoms with Crippen LogP contribution in [-0.4, -0.2) is 156 Å². The molecule has 8 unspecified atom stereocenters. The van der Waals surface area contributed by atoms with Crippen molar-refractivity contribution in [3.63, 3.8) is 0 Å². The fourth-order valence-electron chi connectivity index (χ4n) is 8.04. The summed E-state index contributed by atoms with van der Waals surface area (Å²) in [5.74, 6) is 0. The summed E-state index contributed by atoms with van der Waals surface area (Å²) in [6.45, 7) is 13.5. The minimum atomic E-state index is -0.622. The van der Waals surface area contributed by atoms with Gasteiger partial charge in [0.15, 0.2) is 0 Å². The summed E-state index contributed by atoms with van der Waals surface area (Å²) in [5, 5.41) is 0. The van der Waals surface area contributed by atoms with Crippen molar-refractivity contribution >= 4 is 0 Å². The molecule has 12 rings (SSSR count). The van der Waals surface area contributed by atoms with Crippen LogP contribution in [0.1, 0.15) is 20.3 Å². The number of aromatic nitrogens is 12. The van der Waals surface area contributed by atoms with Gasteiger partial charge in [-0.05, 0) is 13.3 Å². The third kappa shape index (κ3) is 13.3. The molecular weight excluding hydrogens is 1030 g/mol. The van der Waals surface area contributed by atoms with Crippen molar-refractivity contribution in [2.45, 2.75) is 141 Å². The van der Waals surface area contributed by atoms with Crippen LogP contribution in [0.4, 0.5) is 0 Å². The number of hydrogen-bond donors (Lipinski definition) is 0. The first kappa shape index (κ1) is 54.8. The van der Waals surface area contributed by atoms with Crippen molar-refractivity contribution in [3.8, 4) is 0 Å². The van der Waals surface area contributed by atoms with E-state index in [1.807, 2.05) is 6.92 Å². The highest BCUT2D eigenvalue weighted by molar-refractivity contribution is 4.89. The van der Waals surface area contributed by atoms with E-state index in [1.54, 1.807) is 6.92 Å². The van der Waals surface area contributed by atoms with Gasteiger partial charge in [-0.3, -0.25) is 0 Å². The lowest BCUT2D eigenvalue weighted by Gasteiger charge is -2.12. The Labute approximate surface area is 431 Å². The SMILES string of the molecule is C=CCn1c(=O)n(CC2CO2)c(=O)n(CC2CO2)c1=O.CCCn1c(=O)n(CC2CO2)c(=O)n(CC2CO2)c1=O.CCn1c(=O)n(CC2CO2)c(=O)n(CC2CO2)c1=O.Cn1c(=O)n(CC2CO2)c(=O)n(CC2CO2)c1=O. The largest absolute Gasteiger partial charge is 0.371 e. The van der Waals surface area contributed by atoms with Crippen LogP contribution in [-0.2, 0) is 117 Å². The normalized spacial score (nSPS) is 24.2. The molecule has 8 atom stereocenters. The third-order valence-corrected chi connectivity index (χ3v) is 13.0. The van der Waals surface area contributed by atoms with E-state index in [0.717, 1.165) is 54.8 Å². The van der Waals surface area contributed by atoms with Crippen molar-refractivity contribution in [3.05, 3.63) is 138 Å². The maximum atomic E-state index is 12.3. The van der Waals surface area contributed by atoms with Gasteiger partial charge >= 0.3 is 68.3 Å². The van der Waals surface area contributed by atoms with Crippen molar-refractivity contribution in [1.82, 2.24) is 54.8 Å². The molecule has 4 aromatic rings. The van der Waals surface area contributed by atoms with Crippen LogP contribution in [0.2, 0.25) is 0 Å². The molecule has 4 aromatic heterocycles. The van der Waals surface area contributed by atoms with Crippen molar-refractivity contribution in [2.75, 3.05) is 52.9 Å². The summed E-state index contributed by atoms with van der Waals surface area (Å²) in [5.41, 5.74) is -7.03. The molecule has 0 aliphatic carbocycles. The summed E-state index contributed by atoms with van der Waals surface area (Å²) in [6.07, 6.45) is 1.25. The van der Waals surface area contributed by atoms with Gasteiger partial charge in [-0.15, -0.1) is 6.58 Å². The van der Waals surface area contributed by atoms with Crippen molar-refractivity contribution in [1.29, 1.82) is 0 Å². The van der Waals surface area contributed by atoms with Crippen molar-refractivity contribution in [2.24, 2.45) is 7.05 Å². The second-order valence-electron chi connectivity index (χ2n) is 19.3. The molecule has 0 bridgehead atoms. The zero-order chi connectivity index (χ0) is 55.0. The lowest BCUT2D eigenvalue weighted by molar-refractivity contribution is 0.340. The Bertz CT molecular complexity index is 3440. The molecule has 12 heterocycles. The Morgan fingerprint density at radius 1 is 0.338 bits per heavy atom. The minimum absolute atomic E-state index is 0.0645. The molecule has 8 aliphatic rings. The maximum absolute atomic E-state index is 12.3. The zero-order valence-corrected chi connectivity index (χ0v) is 42.6. The summed E-state index contributed by atoms with van der Waals surface area (Å²) in [7, 11) is 1.36. The molecule has 0 N–H and O–H groups in total. The van der Waals surface area contributed by atoms with E-state index < -0.39 is 68.3 Å². The van der Waals surface area contributed by atoms with E-state index in [9.17, 15) is 57.5 Å². The molecule has 8 saturated heterocycles. The Hall–Kier alpha value is -6.94. The number of nitrogens with zero attached hydrogens (tertiary/aromatic N) is 12. The highest BCUT2D eigenvalue weighted by Gasteiger charge is 2.33. The van der Waals surface area contributed by atoms with Gasteiger partial charge < -0.3 is 37.9 Å². The topological polar surface area (TPSA) is 364 Å². The van der Waals surface area contributed by atoms with E-state index in [4.69, 9.17) is 37.9 Å². The lowest BCUT2D eigenvalue weighted by atomic mass is 10.4. The van der Waals surface area contributed by atoms with Gasteiger partial charge in [0.2, 0.25) is 0 Å². The van der Waals surface area contributed by atoms with Gasteiger partial charge in [0.25, 0.3) is 0 Å². The van der Waals surface area contributed by atoms with Gasteiger partial charge in [0, 0.05) is 20.1 Å². The van der Waals surface area contributed by atoms with Crippen LogP contribution in [0.5, 0.6) is 0 Å². The van der Waals surface area contributed by atoms with Gasteiger partial charge in [0.05, 0.1) is 161 Å². The van der Waals surface area contributed by atoms with E-state index in [2.05, 4.69) is 6.58 Å². The minimum Gasteiger partial charge on any atom is -0.371 e. The second-order valence-corrected chi connectivity index (χ2v) is 19.3. The number of epoxide rings is 8. The maximum Gasteiger partial charge on any atom is 0.336 e. The number of ether oxygens (including phenoxy) is 8. The number of rotatable bonds is 21. The van der Waals surface area contributed by atoms with Crippen LogP contribution in [0, 0.1) is 0 Å². The molecule has 8 aliphatic heterocycles. The smallest absolute Gasteiger partial charge is 0.336 e. The predicted octanol–water partition coefficient (Wildman–Crippen LogP) is -7.97. The van der Waals surface area contributed by atoms with E-state index in [0.29, 0.717) is 65.8 Å². The Morgan fingerprint density at radius 3 is 0.727 bits per heavy atom. The van der Waals surface area contributed by atoms with Gasteiger partial charge in [-0.1, -0.05) is 13.0 Å². The first-order chi connectivity index (χ1) is 36.9. The molecule has 0 aromatic carbocycles. The van der Waals surface area contributed by atoms with Gasteiger partial charge in [0.1, 0.15) is 0 Å². The lowest BCUT2D eigenvalue weighted by Crippen LogP contribution is -2.55. The standard InChI is InChI=1S/C12H17N3O5.C12H15N3O5.C11H15N3O5.C10H13N3O5/c2*1-2-3-13-10(16)14(4-8-6-19-8)12(18)15(11(13)17)5-9-7-20-9;1-2-12-9(15)13(3-7-5-18-7)11(17)14(10(12)16)4-8-6-19-8;1-11-8(14)12(2-6-4-17-6)10(16)13(9(11)15)3-7-5-18-7/h8-9H,2-7H2,1H3;2,8-9H,1,3-7H2;7-8H,2-6H2,1H3;6-7H,2-5H2,1H3. The van der Waals surface area contributed by atoms with Crippen LogP contribution >= 0.6 is 0 Å². The zero-order valence-electron chi connectivity index (χ0n) is 42.6. The number of allylic oxidation sites excluding steroid dienone is 1. The molecule has 0 spiro atoms. The average Bonchev–Trinajstić information content (AvgIpc) is 4.25. The molecule has 32 nitrogen and oxygen atoms in total. The molecule has 0 radical (unpaired) electrons. The van der Waals surface area contributed by atoms with E-state index in [-0.39, 0.29) is 114 Å². The van der Waals surface area contributed by atoms with Crippen LogP contribution in [0.15, 0.2) is 70.2 Å². The Balaban J connectivity index is 0.000000125. The fraction of sp³-hybridized carbons (Fsp3) is 0.689. The van der Waals surface area contributed by atoms with Gasteiger partial charge in [-0.25, -0.2) is 112 Å². The summed E-state index contributed by atoms with van der Waals surface area (Å²) >= 11 is 0. The molecule has 420 valence electrons. The molecule has 8 fully saturated rings. The first-order valence-corrected chi connectivity index (χ1v) is 25.2. The quantitative estimate of drug-likeness (QED) is 0.0552. The van der Waals surface area contributed by atoms with Gasteiger partial charge in [-0.2, -0.15) is 0 Å². The summed E-state index contributed by atoms with van der Waals surface area (Å²) < 4.78 is 52.9. The Morgan fingerprint density at radius 2 is 0.532 bits per heavy atom. The molecule has 77 heavy (non-hydrogen) atoms. The summed E-state index contributed by atoms with van der Waals surface area (Å²) in [4.78, 5) is 146. The second kappa shape index (κ2) is 23.0. The summed E-state index contributed by atoms with van der Waals surface area (Å²) in [6, 6.07) is 0. The highest BCUT2D eigenvalue weighted by atomic mass is 16.6. The highest BCUT2D eigenvalue weighted by Crippen LogP contribution is 2.14. The molecule has 32 heteroatoms. The first-order valence-electron chi connectivity index (χ1n) is 25.2. The molecule has 0 saturated carbocycles. The predicted molar refractivity (Wildman–Crippen MR) is 262 cm³/mol. The van der Waals surface area contributed by atoms with Crippen molar-refractivity contribution < 1.29 is 37.9 Å². The molecular formula is C45H60N12O20. The third-order valence-electron chi connectivity index (χ3n) is 13.0. The monoisotopic (exact) mass is 1090 g/mol. The average molecular weight is 1090 g/mol. The van der Waals surface area contributed by atoms with E-state index >= 15 is 0 Å². The Kier molecular flexibility index (Phi) is 16.3. The van der Waals surface area contributed by atoms with Crippen LogP contribution in [0.25, 0.3) is 0 Å².